The maximum Gasteiger partial charge on any atom is 0.225 e. The third-order valence-electron chi connectivity index (χ3n) is 5.27. The van der Waals surface area contributed by atoms with Gasteiger partial charge in [-0.3, -0.25) is 9.48 Å². The molecule has 3 aliphatic rings. The topological polar surface area (TPSA) is 59.0 Å². The first-order valence-corrected chi connectivity index (χ1v) is 8.22. The Morgan fingerprint density at radius 1 is 1.33 bits per heavy atom. The molecule has 0 unspecified atom stereocenters. The van der Waals surface area contributed by atoms with Crippen LogP contribution >= 0.6 is 0 Å². The summed E-state index contributed by atoms with van der Waals surface area (Å²) in [5.41, 5.74) is 1.18. The van der Waals surface area contributed by atoms with Gasteiger partial charge in [-0.25, -0.2) is 0 Å². The van der Waals surface area contributed by atoms with E-state index in [2.05, 4.69) is 15.7 Å². The molecule has 2 N–H and O–H groups in total. The van der Waals surface area contributed by atoms with Crippen molar-refractivity contribution in [3.63, 3.8) is 0 Å². The van der Waals surface area contributed by atoms with Crippen LogP contribution in [-0.2, 0) is 11.8 Å². The summed E-state index contributed by atoms with van der Waals surface area (Å²) < 4.78 is 1.82. The number of nitrogens with one attached hydrogen (secondary N) is 2. The van der Waals surface area contributed by atoms with Gasteiger partial charge in [0.1, 0.15) is 0 Å². The van der Waals surface area contributed by atoms with Crippen molar-refractivity contribution in [2.24, 2.45) is 24.8 Å². The summed E-state index contributed by atoms with van der Waals surface area (Å²) in [7, 11) is 1.93. The fourth-order valence-corrected chi connectivity index (χ4v) is 3.74. The van der Waals surface area contributed by atoms with Crippen LogP contribution in [0.2, 0.25) is 0 Å². The molecule has 4 rings (SSSR count). The highest BCUT2D eigenvalue weighted by molar-refractivity contribution is 5.81. The van der Waals surface area contributed by atoms with E-state index in [1.54, 1.807) is 0 Å². The van der Waals surface area contributed by atoms with Gasteiger partial charge in [-0.2, -0.15) is 5.10 Å². The average molecular weight is 288 g/mol. The molecule has 21 heavy (non-hydrogen) atoms. The first-order valence-electron chi connectivity index (χ1n) is 8.22. The van der Waals surface area contributed by atoms with Crippen molar-refractivity contribution in [2.75, 3.05) is 13.1 Å². The molecule has 0 radical (unpaired) electrons. The number of nitrogens with zero attached hydrogens (tertiary/aromatic N) is 2. The van der Waals surface area contributed by atoms with Crippen molar-refractivity contribution < 1.29 is 4.79 Å². The van der Waals surface area contributed by atoms with Gasteiger partial charge in [0.15, 0.2) is 0 Å². The van der Waals surface area contributed by atoms with Crippen LogP contribution in [0.5, 0.6) is 0 Å². The molecule has 2 aliphatic carbocycles. The highest BCUT2D eigenvalue weighted by Crippen LogP contribution is 2.44. The molecule has 1 amide bonds. The van der Waals surface area contributed by atoms with E-state index < -0.39 is 0 Å². The molecule has 1 aliphatic heterocycles. The Hall–Kier alpha value is -1.36. The maximum atomic E-state index is 12.7. The summed E-state index contributed by atoms with van der Waals surface area (Å²) in [4.78, 5) is 12.7. The lowest BCUT2D eigenvalue weighted by Gasteiger charge is -2.23. The summed E-state index contributed by atoms with van der Waals surface area (Å²) in [5, 5.41) is 11.0. The van der Waals surface area contributed by atoms with E-state index in [1.165, 1.54) is 31.2 Å². The molecular weight excluding hydrogens is 264 g/mol. The molecule has 1 saturated heterocycles. The number of hydrogen-bond acceptors (Lipinski definition) is 3. The largest absolute Gasteiger partial charge is 0.353 e. The predicted molar refractivity (Wildman–Crippen MR) is 79.7 cm³/mol. The predicted octanol–water partition coefficient (Wildman–Crippen LogP) is 1.03. The molecule has 1 aromatic heterocycles. The van der Waals surface area contributed by atoms with Crippen LogP contribution in [0.25, 0.3) is 0 Å². The molecule has 1 aromatic rings. The van der Waals surface area contributed by atoms with Gasteiger partial charge in [0.05, 0.1) is 12.1 Å². The molecule has 2 heterocycles. The van der Waals surface area contributed by atoms with Crippen molar-refractivity contribution in [3.05, 3.63) is 18.0 Å². The molecule has 0 spiro atoms. The Bertz CT molecular complexity index is 520. The molecule has 114 valence electrons. The van der Waals surface area contributed by atoms with Crippen LogP contribution < -0.4 is 10.6 Å². The van der Waals surface area contributed by atoms with E-state index in [0.717, 1.165) is 24.9 Å². The minimum atomic E-state index is 0.0502. The minimum absolute atomic E-state index is 0.0502. The summed E-state index contributed by atoms with van der Waals surface area (Å²) in [6.07, 6.45) is 9.15. The second kappa shape index (κ2) is 5.13. The van der Waals surface area contributed by atoms with Crippen molar-refractivity contribution in [3.8, 4) is 0 Å². The summed E-state index contributed by atoms with van der Waals surface area (Å²) in [5.74, 6) is 2.07. The van der Waals surface area contributed by atoms with Gasteiger partial charge in [0.25, 0.3) is 0 Å². The molecule has 0 bridgehead atoms. The third-order valence-corrected chi connectivity index (χ3v) is 5.27. The summed E-state index contributed by atoms with van der Waals surface area (Å²) >= 11 is 0. The number of aromatic nitrogens is 2. The SMILES string of the molecule is Cn1cc([C@H]2CNC[C@@H]2C(=O)NC(C2CC2)C2CC2)cn1. The number of hydrogen-bond donors (Lipinski definition) is 2. The van der Waals surface area contributed by atoms with Crippen LogP contribution in [-0.4, -0.2) is 34.8 Å². The zero-order valence-electron chi connectivity index (χ0n) is 12.6. The van der Waals surface area contributed by atoms with E-state index in [1.807, 2.05) is 24.1 Å². The molecule has 5 heteroatoms. The van der Waals surface area contributed by atoms with Crippen molar-refractivity contribution in [1.82, 2.24) is 20.4 Å². The van der Waals surface area contributed by atoms with E-state index in [9.17, 15) is 4.79 Å². The maximum absolute atomic E-state index is 12.7. The number of rotatable bonds is 5. The zero-order valence-corrected chi connectivity index (χ0v) is 12.6. The van der Waals surface area contributed by atoms with E-state index in [-0.39, 0.29) is 17.7 Å². The number of amides is 1. The smallest absolute Gasteiger partial charge is 0.225 e. The van der Waals surface area contributed by atoms with E-state index in [0.29, 0.717) is 6.04 Å². The van der Waals surface area contributed by atoms with Gasteiger partial charge < -0.3 is 10.6 Å². The second-order valence-corrected chi connectivity index (χ2v) is 7.03. The molecular formula is C16H24N4O. The van der Waals surface area contributed by atoms with Crippen LogP contribution in [0.15, 0.2) is 12.4 Å². The monoisotopic (exact) mass is 288 g/mol. The van der Waals surface area contributed by atoms with Crippen LogP contribution in [0.1, 0.15) is 37.2 Å². The van der Waals surface area contributed by atoms with Gasteiger partial charge in [0.2, 0.25) is 5.91 Å². The minimum Gasteiger partial charge on any atom is -0.353 e. The zero-order chi connectivity index (χ0) is 14.4. The molecule has 0 aromatic carbocycles. The Morgan fingerprint density at radius 2 is 2.05 bits per heavy atom. The van der Waals surface area contributed by atoms with E-state index in [4.69, 9.17) is 0 Å². The second-order valence-electron chi connectivity index (χ2n) is 7.03. The third kappa shape index (κ3) is 2.71. The Kier molecular flexibility index (Phi) is 3.25. The van der Waals surface area contributed by atoms with Gasteiger partial charge in [-0.15, -0.1) is 0 Å². The molecule has 5 nitrogen and oxygen atoms in total. The summed E-state index contributed by atoms with van der Waals surface area (Å²) in [6.45, 7) is 1.66. The molecule has 2 saturated carbocycles. The van der Waals surface area contributed by atoms with Crippen molar-refractivity contribution in [1.29, 1.82) is 0 Å². The van der Waals surface area contributed by atoms with Crippen molar-refractivity contribution in [2.45, 2.75) is 37.6 Å². The lowest BCUT2D eigenvalue weighted by molar-refractivity contribution is -0.125. The standard InChI is InChI=1S/C16H24N4O/c1-20-9-12(6-18-20)13-7-17-8-14(13)16(21)19-15(10-2-3-10)11-4-5-11/h6,9-11,13-15,17H,2-5,7-8H2,1H3,(H,19,21)/t13-,14+/m1/s1. The van der Waals surface area contributed by atoms with Gasteiger partial charge in [-0.05, 0) is 43.1 Å². The van der Waals surface area contributed by atoms with Gasteiger partial charge in [0, 0.05) is 38.3 Å². The average Bonchev–Trinajstić information content (AvgIpc) is 3.38. The summed E-state index contributed by atoms with van der Waals surface area (Å²) in [6, 6.07) is 0.452. The quantitative estimate of drug-likeness (QED) is 0.851. The molecule has 2 atom stereocenters. The molecule has 3 fully saturated rings. The van der Waals surface area contributed by atoms with Crippen LogP contribution in [0.3, 0.4) is 0 Å². The van der Waals surface area contributed by atoms with Gasteiger partial charge in [-0.1, -0.05) is 0 Å². The lowest BCUT2D eigenvalue weighted by Crippen LogP contribution is -2.43. The van der Waals surface area contributed by atoms with Gasteiger partial charge >= 0.3 is 0 Å². The number of aryl methyl sites for hydroxylation is 1. The highest BCUT2D eigenvalue weighted by atomic mass is 16.2. The first kappa shape index (κ1) is 13.3. The first-order chi connectivity index (χ1) is 10.2. The van der Waals surface area contributed by atoms with Crippen LogP contribution in [0, 0.1) is 17.8 Å². The normalized spacial score (nSPS) is 29.0. The van der Waals surface area contributed by atoms with Crippen LogP contribution in [0.4, 0.5) is 0 Å². The Morgan fingerprint density at radius 3 is 2.62 bits per heavy atom. The number of carbonyl (C=O) groups excluding carboxylic acids is 1. The Balaban J connectivity index is 1.45. The Labute approximate surface area is 125 Å². The van der Waals surface area contributed by atoms with Crippen molar-refractivity contribution >= 4 is 5.91 Å². The highest BCUT2D eigenvalue weighted by Gasteiger charge is 2.44. The fourth-order valence-electron chi connectivity index (χ4n) is 3.74. The fraction of sp³-hybridized carbons (Fsp3) is 0.750. The lowest BCUT2D eigenvalue weighted by atomic mass is 9.89. The number of carbonyl (C=O) groups is 1. The van der Waals surface area contributed by atoms with E-state index >= 15 is 0 Å².